The zero-order valence-electron chi connectivity index (χ0n) is 11.5. The lowest BCUT2D eigenvalue weighted by molar-refractivity contribution is 0.198. The number of halogens is 2. The van der Waals surface area contributed by atoms with Crippen LogP contribution in [0.25, 0.3) is 0 Å². The van der Waals surface area contributed by atoms with E-state index in [0.29, 0.717) is 0 Å². The van der Waals surface area contributed by atoms with Crippen molar-refractivity contribution in [1.82, 2.24) is 0 Å². The lowest BCUT2D eigenvalue weighted by atomic mass is 10.1. The van der Waals surface area contributed by atoms with Crippen LogP contribution in [0.5, 0.6) is 5.75 Å². The van der Waals surface area contributed by atoms with Crippen LogP contribution in [0, 0.1) is 5.82 Å². The summed E-state index contributed by atoms with van der Waals surface area (Å²) in [5.41, 5.74) is 1.99. The van der Waals surface area contributed by atoms with Gasteiger partial charge in [0.25, 0.3) is 0 Å². The number of thioether (sulfide) groups is 1. The van der Waals surface area contributed by atoms with Gasteiger partial charge in [0.15, 0.2) is 0 Å². The van der Waals surface area contributed by atoms with Crippen LogP contribution in [0.2, 0.25) is 0 Å². The summed E-state index contributed by atoms with van der Waals surface area (Å²) >= 11 is 4.07. The van der Waals surface area contributed by atoms with E-state index >= 15 is 0 Å². The van der Waals surface area contributed by atoms with E-state index in [4.69, 9.17) is 4.74 Å². The third-order valence-corrected chi connectivity index (χ3v) is 5.34. The van der Waals surface area contributed by atoms with Crippen LogP contribution < -0.4 is 4.74 Å². The molecule has 0 spiro atoms. The van der Waals surface area contributed by atoms with Crippen molar-refractivity contribution >= 4 is 34.4 Å². The second-order valence-electron chi connectivity index (χ2n) is 4.95. The second kappa shape index (κ2) is 7.01. The number of fused-ring (bicyclic) bond motifs is 1. The van der Waals surface area contributed by atoms with E-state index in [2.05, 4.69) is 34.7 Å². The van der Waals surface area contributed by atoms with E-state index in [1.807, 2.05) is 18.2 Å². The van der Waals surface area contributed by atoms with Crippen molar-refractivity contribution in [3.05, 3.63) is 59.4 Å². The largest absolute Gasteiger partial charge is 0.485 e. The van der Waals surface area contributed by atoms with Gasteiger partial charge in [-0.2, -0.15) is 0 Å². The number of benzene rings is 2. The summed E-state index contributed by atoms with van der Waals surface area (Å²) in [5.74, 6) is 1.66. The monoisotopic (exact) mass is 414 g/mol. The maximum Gasteiger partial charge on any atom is 0.134 e. The Hall–Kier alpha value is -0.750. The molecule has 0 N–H and O–H groups in total. The first-order valence-electron chi connectivity index (χ1n) is 7.01. The molecule has 21 heavy (non-hydrogen) atoms. The fraction of sp³-hybridized carbons (Fsp3) is 0.294. The Morgan fingerprint density at radius 3 is 2.76 bits per heavy atom. The summed E-state index contributed by atoms with van der Waals surface area (Å²) in [5, 5.41) is 0. The topological polar surface area (TPSA) is 9.23 Å². The van der Waals surface area contributed by atoms with E-state index in [-0.39, 0.29) is 11.9 Å². The molecule has 1 nitrogen and oxygen atoms in total. The van der Waals surface area contributed by atoms with Gasteiger partial charge in [-0.15, -0.1) is 11.8 Å². The molecular formula is C17H16FIOS. The molecule has 0 fully saturated rings. The molecule has 0 bridgehead atoms. The number of rotatable bonds is 5. The number of ether oxygens (including phenoxy) is 1. The first-order valence-corrected chi connectivity index (χ1v) is 9.52. The Morgan fingerprint density at radius 2 is 2.00 bits per heavy atom. The summed E-state index contributed by atoms with van der Waals surface area (Å²) in [6.45, 7) is 0. The first-order chi connectivity index (χ1) is 10.3. The van der Waals surface area contributed by atoms with Gasteiger partial charge >= 0.3 is 0 Å². The minimum absolute atomic E-state index is 0.0267. The lowest BCUT2D eigenvalue weighted by Crippen LogP contribution is -2.09. The maximum absolute atomic E-state index is 13.8. The van der Waals surface area contributed by atoms with Crippen LogP contribution in [0.1, 0.15) is 23.7 Å². The summed E-state index contributed by atoms with van der Waals surface area (Å²) in [4.78, 5) is 0.990. The molecular weight excluding hydrogens is 398 g/mol. The molecule has 110 valence electrons. The zero-order chi connectivity index (χ0) is 14.7. The standard InChI is InChI=1S/C17H16FIOS/c18-14-6-7-16(17-13(14)9-11-21-17)20-15(8-10-19)12-4-2-1-3-5-12/h1-7,15H,8-11H2/t15-/m0/s1. The highest BCUT2D eigenvalue weighted by atomic mass is 127. The summed E-state index contributed by atoms with van der Waals surface area (Å²) in [6, 6.07) is 13.6. The average molecular weight is 414 g/mol. The minimum atomic E-state index is -0.104. The molecule has 2 aromatic rings. The van der Waals surface area contributed by atoms with E-state index in [0.717, 1.165) is 39.2 Å². The molecule has 0 amide bonds. The minimum Gasteiger partial charge on any atom is -0.485 e. The predicted molar refractivity (Wildman–Crippen MR) is 94.1 cm³/mol. The summed E-state index contributed by atoms with van der Waals surface area (Å²) in [7, 11) is 0. The summed E-state index contributed by atoms with van der Waals surface area (Å²) in [6.07, 6.45) is 1.77. The highest BCUT2D eigenvalue weighted by molar-refractivity contribution is 14.1. The van der Waals surface area contributed by atoms with Gasteiger partial charge in [0, 0.05) is 15.7 Å². The van der Waals surface area contributed by atoms with Gasteiger partial charge in [-0.1, -0.05) is 52.9 Å². The Labute approximate surface area is 142 Å². The quantitative estimate of drug-likeness (QED) is 0.478. The van der Waals surface area contributed by atoms with Gasteiger partial charge in [0.1, 0.15) is 17.7 Å². The normalized spacial score (nSPS) is 14.8. The molecule has 0 radical (unpaired) electrons. The molecule has 1 aliphatic rings. The zero-order valence-corrected chi connectivity index (χ0v) is 14.5. The number of alkyl halides is 1. The van der Waals surface area contributed by atoms with Crippen molar-refractivity contribution in [2.75, 3.05) is 10.2 Å². The Kier molecular flexibility index (Phi) is 5.06. The predicted octanol–water partition coefficient (Wildman–Crippen LogP) is 5.42. The number of hydrogen-bond donors (Lipinski definition) is 0. The Balaban J connectivity index is 1.89. The van der Waals surface area contributed by atoms with E-state index < -0.39 is 0 Å². The molecule has 1 atom stereocenters. The van der Waals surface area contributed by atoms with E-state index in [1.165, 1.54) is 11.6 Å². The van der Waals surface area contributed by atoms with Crippen LogP contribution in [0.4, 0.5) is 4.39 Å². The molecule has 1 aliphatic heterocycles. The lowest BCUT2D eigenvalue weighted by Gasteiger charge is -2.20. The average Bonchev–Trinajstić information content (AvgIpc) is 3.01. The van der Waals surface area contributed by atoms with Crippen molar-refractivity contribution in [3.8, 4) is 5.75 Å². The highest BCUT2D eigenvalue weighted by Crippen LogP contribution is 2.42. The summed E-state index contributed by atoms with van der Waals surface area (Å²) < 4.78 is 21.1. The van der Waals surface area contributed by atoms with E-state index in [1.54, 1.807) is 17.8 Å². The molecule has 0 aromatic heterocycles. The molecule has 0 saturated carbocycles. The van der Waals surface area contributed by atoms with Crippen LogP contribution in [-0.4, -0.2) is 10.2 Å². The molecule has 3 rings (SSSR count). The Bertz CT molecular complexity index is 618. The first kappa shape index (κ1) is 15.2. The van der Waals surface area contributed by atoms with Crippen LogP contribution in [0.3, 0.4) is 0 Å². The van der Waals surface area contributed by atoms with Crippen molar-refractivity contribution in [3.63, 3.8) is 0 Å². The van der Waals surface area contributed by atoms with Crippen molar-refractivity contribution in [1.29, 1.82) is 0 Å². The molecule has 0 saturated heterocycles. The number of hydrogen-bond acceptors (Lipinski definition) is 2. The van der Waals surface area contributed by atoms with Crippen LogP contribution in [0.15, 0.2) is 47.4 Å². The second-order valence-corrected chi connectivity index (χ2v) is 7.13. The van der Waals surface area contributed by atoms with Gasteiger partial charge < -0.3 is 4.74 Å². The van der Waals surface area contributed by atoms with Gasteiger partial charge in [0.2, 0.25) is 0 Å². The van der Waals surface area contributed by atoms with Crippen LogP contribution in [-0.2, 0) is 6.42 Å². The molecule has 4 heteroatoms. The third kappa shape index (κ3) is 3.37. The van der Waals surface area contributed by atoms with Crippen molar-refractivity contribution in [2.24, 2.45) is 0 Å². The van der Waals surface area contributed by atoms with Gasteiger partial charge in [0.05, 0.1) is 4.90 Å². The molecule has 2 aromatic carbocycles. The van der Waals surface area contributed by atoms with Gasteiger partial charge in [-0.05, 0) is 30.5 Å². The SMILES string of the molecule is Fc1ccc(O[C@@H](CCI)c2ccccc2)c2c1CCS2. The highest BCUT2D eigenvalue weighted by Gasteiger charge is 2.22. The molecule has 0 aliphatic carbocycles. The third-order valence-electron chi connectivity index (χ3n) is 3.58. The Morgan fingerprint density at radius 1 is 1.19 bits per heavy atom. The fourth-order valence-corrected chi connectivity index (χ4v) is 4.24. The fourth-order valence-electron chi connectivity index (χ4n) is 2.54. The maximum atomic E-state index is 13.8. The van der Waals surface area contributed by atoms with Crippen molar-refractivity contribution < 1.29 is 9.13 Å². The smallest absolute Gasteiger partial charge is 0.134 e. The molecule has 1 heterocycles. The van der Waals surface area contributed by atoms with Gasteiger partial charge in [-0.25, -0.2) is 4.39 Å². The van der Waals surface area contributed by atoms with E-state index in [9.17, 15) is 4.39 Å². The van der Waals surface area contributed by atoms with Crippen molar-refractivity contribution in [2.45, 2.75) is 23.8 Å². The van der Waals surface area contributed by atoms with Gasteiger partial charge in [-0.3, -0.25) is 0 Å². The molecule has 0 unspecified atom stereocenters. The van der Waals surface area contributed by atoms with Crippen LogP contribution >= 0.6 is 34.4 Å².